The molecule has 0 aromatic carbocycles. The Morgan fingerprint density at radius 2 is 2.00 bits per heavy atom. The first-order valence-electron chi connectivity index (χ1n) is 6.05. The molecule has 0 spiro atoms. The Kier molecular flexibility index (Phi) is 6.11. The van der Waals surface area contributed by atoms with Crippen LogP contribution in [0, 0.1) is 0 Å². The van der Waals surface area contributed by atoms with Gasteiger partial charge in [0.05, 0.1) is 18.6 Å². The van der Waals surface area contributed by atoms with Crippen molar-refractivity contribution in [3.05, 3.63) is 0 Å². The van der Waals surface area contributed by atoms with Gasteiger partial charge in [-0.1, -0.05) is 0 Å². The molecule has 1 aliphatic rings. The zero-order valence-electron chi connectivity index (χ0n) is 11.2. The Morgan fingerprint density at radius 3 is 2.52 bits per heavy atom. The van der Waals surface area contributed by atoms with Crippen molar-refractivity contribution in [2.24, 2.45) is 0 Å². The average molecular weight is 348 g/mol. The number of rotatable bonds is 7. The summed E-state index contributed by atoms with van der Waals surface area (Å²) in [4.78, 5) is 37.0. The van der Waals surface area contributed by atoms with Gasteiger partial charge in [-0.15, -0.1) is 0 Å². The predicted molar refractivity (Wildman–Crippen MR) is 67.9 cm³/mol. The summed E-state index contributed by atoms with van der Waals surface area (Å²) in [6, 6.07) is 0. The van der Waals surface area contributed by atoms with E-state index in [1.165, 1.54) is 6.92 Å². The van der Waals surface area contributed by atoms with Crippen molar-refractivity contribution in [1.29, 1.82) is 0 Å². The fraction of sp³-hybridized carbons (Fsp3) is 0.889. The van der Waals surface area contributed by atoms with E-state index in [0.29, 0.717) is 0 Å². The maximum atomic E-state index is 11.2. The number of cyclic esters (lactones) is 1. The van der Waals surface area contributed by atoms with Crippen LogP contribution >= 0.6 is 15.6 Å². The number of esters is 1. The van der Waals surface area contributed by atoms with E-state index in [1.807, 2.05) is 0 Å². The summed E-state index contributed by atoms with van der Waals surface area (Å²) in [5.41, 5.74) is -1.16. The van der Waals surface area contributed by atoms with Crippen LogP contribution in [0.1, 0.15) is 32.6 Å². The number of phosphoric ester groups is 1. The molecule has 4 N–H and O–H groups in total. The number of carbonyl (C=O) groups is 1. The summed E-state index contributed by atoms with van der Waals surface area (Å²) < 4.78 is 34.5. The highest BCUT2D eigenvalue weighted by atomic mass is 31.3. The standard InChI is InChI=1S/C9H18O10P2/c1-9(11)5-7(18-8(10)6-9)3-2-4-17-21(15,16)19-20(12,13)14/h7,11H,2-6H2,1H3,(H,15,16)(H2,12,13,14). The van der Waals surface area contributed by atoms with E-state index in [4.69, 9.17) is 19.4 Å². The van der Waals surface area contributed by atoms with Crippen LogP contribution in [0.25, 0.3) is 0 Å². The molecule has 124 valence electrons. The minimum Gasteiger partial charge on any atom is -0.462 e. The molecule has 1 fully saturated rings. The van der Waals surface area contributed by atoms with Crippen LogP contribution in [0.5, 0.6) is 0 Å². The van der Waals surface area contributed by atoms with Crippen molar-refractivity contribution in [1.82, 2.24) is 0 Å². The van der Waals surface area contributed by atoms with Crippen molar-refractivity contribution in [2.75, 3.05) is 6.61 Å². The molecule has 1 rings (SSSR count). The molecule has 12 heteroatoms. The van der Waals surface area contributed by atoms with Crippen molar-refractivity contribution < 1.29 is 47.3 Å². The number of hydrogen-bond acceptors (Lipinski definition) is 7. The first-order chi connectivity index (χ1) is 9.39. The molecule has 3 atom stereocenters. The molecule has 0 amide bonds. The van der Waals surface area contributed by atoms with Gasteiger partial charge in [0.2, 0.25) is 0 Å². The molecule has 0 bridgehead atoms. The molecule has 0 saturated carbocycles. The third-order valence-electron chi connectivity index (χ3n) is 2.63. The molecule has 0 aliphatic carbocycles. The minimum atomic E-state index is -5.13. The van der Waals surface area contributed by atoms with Gasteiger partial charge in [-0.2, -0.15) is 4.31 Å². The molecular formula is C9H18O10P2. The Morgan fingerprint density at radius 1 is 1.38 bits per heavy atom. The Balaban J connectivity index is 2.32. The monoisotopic (exact) mass is 348 g/mol. The van der Waals surface area contributed by atoms with E-state index in [-0.39, 0.29) is 32.3 Å². The molecule has 0 radical (unpaired) electrons. The van der Waals surface area contributed by atoms with Crippen molar-refractivity contribution in [2.45, 2.75) is 44.3 Å². The topological polar surface area (TPSA) is 160 Å². The van der Waals surface area contributed by atoms with Gasteiger partial charge in [-0.05, 0) is 19.8 Å². The fourth-order valence-corrected chi connectivity index (χ4v) is 3.58. The normalized spacial score (nSPS) is 29.8. The van der Waals surface area contributed by atoms with E-state index < -0.39 is 33.3 Å². The van der Waals surface area contributed by atoms with Gasteiger partial charge in [-0.25, -0.2) is 9.13 Å². The van der Waals surface area contributed by atoms with Crippen LogP contribution in [0.2, 0.25) is 0 Å². The third-order valence-corrected chi connectivity index (χ3v) is 4.81. The van der Waals surface area contributed by atoms with Gasteiger partial charge in [0.1, 0.15) is 6.10 Å². The second-order valence-electron chi connectivity index (χ2n) is 5.01. The largest absolute Gasteiger partial charge is 0.481 e. The lowest BCUT2D eigenvalue weighted by Crippen LogP contribution is -2.41. The van der Waals surface area contributed by atoms with Gasteiger partial charge in [-0.3, -0.25) is 9.32 Å². The molecule has 21 heavy (non-hydrogen) atoms. The van der Waals surface area contributed by atoms with Crippen molar-refractivity contribution >= 4 is 21.6 Å². The first-order valence-corrected chi connectivity index (χ1v) is 9.07. The summed E-state index contributed by atoms with van der Waals surface area (Å²) in [5.74, 6) is -0.533. The predicted octanol–water partition coefficient (Wildman–Crippen LogP) is 0.449. The zero-order chi connectivity index (χ0) is 16.3. The van der Waals surface area contributed by atoms with E-state index >= 15 is 0 Å². The highest BCUT2D eigenvalue weighted by Gasteiger charge is 2.36. The highest BCUT2D eigenvalue weighted by Crippen LogP contribution is 2.57. The van der Waals surface area contributed by atoms with Crippen molar-refractivity contribution in [3.8, 4) is 0 Å². The smallest absolute Gasteiger partial charge is 0.462 e. The summed E-state index contributed by atoms with van der Waals surface area (Å²) in [5, 5.41) is 9.81. The number of carbonyl (C=O) groups excluding carboxylic acids is 1. The van der Waals surface area contributed by atoms with E-state index in [1.54, 1.807) is 0 Å². The van der Waals surface area contributed by atoms with Crippen LogP contribution < -0.4 is 0 Å². The van der Waals surface area contributed by atoms with Crippen LogP contribution in [0.4, 0.5) is 0 Å². The van der Waals surface area contributed by atoms with Gasteiger partial charge >= 0.3 is 21.6 Å². The maximum absolute atomic E-state index is 11.2. The Labute approximate surface area is 120 Å². The highest BCUT2D eigenvalue weighted by molar-refractivity contribution is 7.60. The lowest BCUT2D eigenvalue weighted by atomic mass is 9.90. The maximum Gasteiger partial charge on any atom is 0.481 e. The summed E-state index contributed by atoms with van der Waals surface area (Å²) in [7, 11) is -9.97. The number of phosphoric acid groups is 2. The molecule has 0 aromatic heterocycles. The second-order valence-corrected chi connectivity index (χ2v) is 7.84. The van der Waals surface area contributed by atoms with E-state index in [2.05, 4.69) is 8.83 Å². The van der Waals surface area contributed by atoms with Crippen LogP contribution in [-0.2, 0) is 27.5 Å². The zero-order valence-corrected chi connectivity index (χ0v) is 13.0. The van der Waals surface area contributed by atoms with E-state index in [0.717, 1.165) is 0 Å². The van der Waals surface area contributed by atoms with Crippen LogP contribution in [0.15, 0.2) is 0 Å². The molecule has 10 nitrogen and oxygen atoms in total. The van der Waals surface area contributed by atoms with Gasteiger partial charge in [0.15, 0.2) is 0 Å². The molecule has 1 aliphatic heterocycles. The summed E-state index contributed by atoms with van der Waals surface area (Å²) in [6.45, 7) is 1.18. The number of ether oxygens (including phenoxy) is 1. The van der Waals surface area contributed by atoms with Crippen LogP contribution in [0.3, 0.4) is 0 Å². The molecule has 1 heterocycles. The lowest BCUT2D eigenvalue weighted by Gasteiger charge is -2.33. The van der Waals surface area contributed by atoms with Crippen molar-refractivity contribution in [3.63, 3.8) is 0 Å². The second kappa shape index (κ2) is 6.85. The first kappa shape index (κ1) is 18.7. The Bertz CT molecular complexity index is 469. The Hall–Kier alpha value is -0.310. The SMILES string of the molecule is CC1(O)CC(=O)OC(CCCOP(=O)(O)OP(=O)(O)O)C1. The van der Waals surface area contributed by atoms with Gasteiger partial charge in [0, 0.05) is 6.42 Å². The van der Waals surface area contributed by atoms with Gasteiger partial charge < -0.3 is 24.5 Å². The fourth-order valence-electron chi connectivity index (χ4n) is 1.95. The van der Waals surface area contributed by atoms with Gasteiger partial charge in [0.25, 0.3) is 0 Å². The summed E-state index contributed by atoms with van der Waals surface area (Å²) >= 11 is 0. The number of hydrogen-bond donors (Lipinski definition) is 4. The minimum absolute atomic E-state index is 0.0953. The quantitative estimate of drug-likeness (QED) is 0.289. The molecular weight excluding hydrogens is 330 g/mol. The molecule has 1 saturated heterocycles. The lowest BCUT2D eigenvalue weighted by molar-refractivity contribution is -0.168. The van der Waals surface area contributed by atoms with E-state index in [9.17, 15) is 19.0 Å². The average Bonchev–Trinajstić information content (AvgIpc) is 2.18. The third kappa shape index (κ3) is 8.04. The molecule has 0 aromatic rings. The number of aliphatic hydroxyl groups is 1. The summed E-state index contributed by atoms with van der Waals surface area (Å²) in [6.07, 6.45) is 0.0165. The van der Waals surface area contributed by atoms with Crippen LogP contribution in [-0.4, -0.2) is 44.1 Å². The molecule has 3 unspecified atom stereocenters.